The van der Waals surface area contributed by atoms with E-state index in [4.69, 9.17) is 13.8 Å². The number of esters is 1. The molecule has 0 radical (unpaired) electrons. The molecular formula is C66H120N2O7P+. The van der Waals surface area contributed by atoms with Crippen molar-refractivity contribution in [1.29, 1.82) is 0 Å². The molecule has 0 aliphatic heterocycles. The average molecular weight is 1080 g/mol. The Kier molecular flexibility index (Phi) is 53.5. The van der Waals surface area contributed by atoms with E-state index in [1.807, 2.05) is 33.3 Å². The molecule has 0 spiro atoms. The number of carbonyl (C=O) groups excluding carboxylic acids is 2. The standard InChI is InChI=1S/C66H119N2O7P/c1-7-10-13-16-19-22-25-28-30-32-33-34-35-37-38-40-43-46-49-52-55-58-65(69)67-63(62-74-76(71,72)73-61-60-68(4,5)6)64(57-54-51-48-45-42-27-24-21-18-15-12-9-3)75-66(70)59-56-53-50-47-44-41-39-36-31-29-26-23-20-17-14-11-8-2/h19-20,22-23,28-31,39,41,47,50,54,57,63-64H,7-18,21,24-27,32-38,40,42-46,48-49,51-53,55-56,58-62H2,1-6H3,(H-,67,69,71,72)/p+1/b22-19-,23-20-,30-28-,31-29-,41-39-,50-47-,57-54-. The third kappa shape index (κ3) is 55.9. The minimum atomic E-state index is -4.46. The van der Waals surface area contributed by atoms with Gasteiger partial charge in [-0.2, -0.15) is 0 Å². The van der Waals surface area contributed by atoms with E-state index in [0.717, 1.165) is 70.6 Å². The Morgan fingerprint density at radius 3 is 1.25 bits per heavy atom. The van der Waals surface area contributed by atoms with Gasteiger partial charge in [0, 0.05) is 12.8 Å². The van der Waals surface area contributed by atoms with Gasteiger partial charge >= 0.3 is 13.8 Å². The zero-order valence-corrected chi connectivity index (χ0v) is 51.1. The molecule has 0 aromatic rings. The number of phosphoric acid groups is 1. The number of rotatable bonds is 56. The van der Waals surface area contributed by atoms with Crippen LogP contribution in [0, 0.1) is 0 Å². The van der Waals surface area contributed by atoms with E-state index < -0.39 is 20.0 Å². The molecule has 0 aromatic carbocycles. The maximum atomic E-state index is 13.6. The summed E-state index contributed by atoms with van der Waals surface area (Å²) in [5.74, 6) is -0.572. The molecule has 0 heterocycles. The summed E-state index contributed by atoms with van der Waals surface area (Å²) in [5, 5.41) is 3.04. The van der Waals surface area contributed by atoms with Crippen LogP contribution >= 0.6 is 7.82 Å². The number of phosphoric ester groups is 1. The number of quaternary nitrogens is 1. The van der Waals surface area contributed by atoms with Gasteiger partial charge < -0.3 is 19.4 Å². The fraction of sp³-hybridized carbons (Fsp3) is 0.758. The van der Waals surface area contributed by atoms with Crippen LogP contribution in [0.3, 0.4) is 0 Å². The highest BCUT2D eigenvalue weighted by atomic mass is 31.2. The van der Waals surface area contributed by atoms with Crippen molar-refractivity contribution in [3.63, 3.8) is 0 Å². The van der Waals surface area contributed by atoms with Gasteiger partial charge in [0.1, 0.15) is 19.3 Å². The van der Waals surface area contributed by atoms with Crippen molar-refractivity contribution in [2.45, 2.75) is 283 Å². The summed E-state index contributed by atoms with van der Waals surface area (Å²) in [6.07, 6.45) is 73.0. The first-order valence-electron chi connectivity index (χ1n) is 31.4. The smallest absolute Gasteiger partial charge is 0.456 e. The van der Waals surface area contributed by atoms with Gasteiger partial charge in [-0.25, -0.2) is 4.57 Å². The summed E-state index contributed by atoms with van der Waals surface area (Å²) in [7, 11) is 1.46. The molecule has 1 amide bonds. The van der Waals surface area contributed by atoms with Crippen LogP contribution in [-0.4, -0.2) is 74.3 Å². The van der Waals surface area contributed by atoms with Crippen molar-refractivity contribution in [3.8, 4) is 0 Å². The van der Waals surface area contributed by atoms with E-state index >= 15 is 0 Å². The lowest BCUT2D eigenvalue weighted by Crippen LogP contribution is -2.47. The monoisotopic (exact) mass is 1080 g/mol. The number of nitrogens with zero attached hydrogens (tertiary/aromatic N) is 1. The van der Waals surface area contributed by atoms with Crippen LogP contribution in [0.2, 0.25) is 0 Å². The van der Waals surface area contributed by atoms with Gasteiger partial charge in [0.2, 0.25) is 5.91 Å². The zero-order valence-electron chi connectivity index (χ0n) is 50.2. The van der Waals surface area contributed by atoms with E-state index in [9.17, 15) is 19.0 Å². The van der Waals surface area contributed by atoms with Crippen LogP contribution in [-0.2, 0) is 27.9 Å². The normalized spacial score (nSPS) is 14.2. The molecule has 440 valence electrons. The Morgan fingerprint density at radius 1 is 0.461 bits per heavy atom. The molecule has 0 saturated carbocycles. The maximum Gasteiger partial charge on any atom is 0.472 e. The molecule has 9 nitrogen and oxygen atoms in total. The number of unbranched alkanes of at least 4 members (excludes halogenated alkanes) is 28. The first-order chi connectivity index (χ1) is 36.9. The Labute approximate surface area is 469 Å². The Hall–Kier alpha value is -2.81. The van der Waals surface area contributed by atoms with E-state index in [1.165, 1.54) is 161 Å². The molecule has 10 heteroatoms. The second-order valence-corrected chi connectivity index (χ2v) is 23.7. The molecular weight excluding hydrogens is 964 g/mol. The molecule has 0 aromatic heterocycles. The minimum Gasteiger partial charge on any atom is -0.456 e. The van der Waals surface area contributed by atoms with Crippen molar-refractivity contribution in [2.24, 2.45) is 0 Å². The summed E-state index contributed by atoms with van der Waals surface area (Å²) in [6, 6.07) is -0.875. The van der Waals surface area contributed by atoms with Crippen molar-refractivity contribution < 1.29 is 37.3 Å². The number of allylic oxidation sites excluding steroid dienone is 13. The third-order valence-electron chi connectivity index (χ3n) is 13.6. The quantitative estimate of drug-likeness (QED) is 0.0205. The van der Waals surface area contributed by atoms with Crippen LogP contribution < -0.4 is 5.32 Å². The first kappa shape index (κ1) is 73.2. The second-order valence-electron chi connectivity index (χ2n) is 22.2. The fourth-order valence-corrected chi connectivity index (χ4v) is 9.40. The van der Waals surface area contributed by atoms with Gasteiger partial charge in [0.05, 0.1) is 33.8 Å². The van der Waals surface area contributed by atoms with E-state index in [1.54, 1.807) is 0 Å². The summed E-state index contributed by atoms with van der Waals surface area (Å²) < 4.78 is 30.6. The van der Waals surface area contributed by atoms with E-state index in [-0.39, 0.29) is 31.5 Å². The Morgan fingerprint density at radius 2 is 0.816 bits per heavy atom. The molecule has 0 aliphatic carbocycles. The number of carbonyl (C=O) groups is 2. The van der Waals surface area contributed by atoms with E-state index in [2.05, 4.69) is 99.0 Å². The number of likely N-dealkylation sites (N-methyl/N-ethyl adjacent to an activating group) is 1. The third-order valence-corrected chi connectivity index (χ3v) is 14.5. The molecule has 0 aliphatic rings. The predicted octanol–water partition coefficient (Wildman–Crippen LogP) is 19.4. The first-order valence-corrected chi connectivity index (χ1v) is 32.9. The summed E-state index contributed by atoms with van der Waals surface area (Å²) in [4.78, 5) is 37.7. The SMILES string of the molecule is CCCCC/C=C\C/C=C\C/C=C\C/C=C\CCCC(=O)OC(/C=C\CCCCCCCCCCCC)C(COP(=O)(O)OCC[N+](C)(C)C)NC(=O)CCCCCCCCCCCCC/C=C\C/C=C\CCCCC. The molecule has 3 unspecified atom stereocenters. The Balaban J connectivity index is 5.31. The predicted molar refractivity (Wildman–Crippen MR) is 328 cm³/mol. The maximum absolute atomic E-state index is 13.6. The lowest BCUT2D eigenvalue weighted by Gasteiger charge is -2.27. The molecule has 0 rings (SSSR count). The summed E-state index contributed by atoms with van der Waals surface area (Å²) in [6.45, 7) is 6.93. The van der Waals surface area contributed by atoms with Crippen LogP contribution in [0.1, 0.15) is 271 Å². The van der Waals surface area contributed by atoms with Crippen molar-refractivity contribution >= 4 is 19.7 Å². The van der Waals surface area contributed by atoms with Gasteiger partial charge in [0.15, 0.2) is 0 Å². The van der Waals surface area contributed by atoms with Crippen molar-refractivity contribution in [1.82, 2.24) is 5.32 Å². The fourth-order valence-electron chi connectivity index (χ4n) is 8.67. The van der Waals surface area contributed by atoms with Gasteiger partial charge in [-0.1, -0.05) is 241 Å². The van der Waals surface area contributed by atoms with Crippen LogP contribution in [0.5, 0.6) is 0 Å². The highest BCUT2D eigenvalue weighted by Crippen LogP contribution is 2.43. The topological polar surface area (TPSA) is 111 Å². The van der Waals surface area contributed by atoms with E-state index in [0.29, 0.717) is 23.9 Å². The molecule has 0 fully saturated rings. The summed E-state index contributed by atoms with van der Waals surface area (Å²) >= 11 is 0. The van der Waals surface area contributed by atoms with Gasteiger partial charge in [-0.15, -0.1) is 0 Å². The zero-order chi connectivity index (χ0) is 55.7. The number of hydrogen-bond acceptors (Lipinski definition) is 6. The van der Waals surface area contributed by atoms with Gasteiger partial charge in [-0.3, -0.25) is 18.6 Å². The van der Waals surface area contributed by atoms with Crippen LogP contribution in [0.4, 0.5) is 0 Å². The van der Waals surface area contributed by atoms with Gasteiger partial charge in [0.25, 0.3) is 0 Å². The number of hydrogen-bond donors (Lipinski definition) is 2. The van der Waals surface area contributed by atoms with Crippen LogP contribution in [0.25, 0.3) is 0 Å². The lowest BCUT2D eigenvalue weighted by atomic mass is 10.0. The molecule has 3 atom stereocenters. The highest BCUT2D eigenvalue weighted by molar-refractivity contribution is 7.47. The average Bonchev–Trinajstić information content (AvgIpc) is 3.38. The largest absolute Gasteiger partial charge is 0.472 e. The lowest BCUT2D eigenvalue weighted by molar-refractivity contribution is -0.870. The number of nitrogens with one attached hydrogen (secondary N) is 1. The second kappa shape index (κ2) is 55.5. The Bertz CT molecular complexity index is 1580. The molecule has 76 heavy (non-hydrogen) atoms. The van der Waals surface area contributed by atoms with Crippen molar-refractivity contribution in [3.05, 3.63) is 85.1 Å². The number of ether oxygens (including phenoxy) is 1. The van der Waals surface area contributed by atoms with Crippen molar-refractivity contribution in [2.75, 3.05) is 40.9 Å². The molecule has 2 N–H and O–H groups in total. The highest BCUT2D eigenvalue weighted by Gasteiger charge is 2.30. The van der Waals surface area contributed by atoms with Gasteiger partial charge in [-0.05, 0) is 102 Å². The minimum absolute atomic E-state index is 0.0286. The molecule has 0 bridgehead atoms. The van der Waals surface area contributed by atoms with Crippen LogP contribution in [0.15, 0.2) is 85.1 Å². The summed E-state index contributed by atoms with van der Waals surface area (Å²) in [5.41, 5.74) is 0. The number of amides is 1. The molecule has 0 saturated heterocycles.